The van der Waals surface area contributed by atoms with Gasteiger partial charge in [0, 0.05) is 129 Å². The van der Waals surface area contributed by atoms with Gasteiger partial charge in [-0.1, -0.05) is 212 Å². The molecule has 4 aliphatic carbocycles. The number of para-hydroxylation sites is 5. The second-order valence-corrected chi connectivity index (χ2v) is 32.9. The van der Waals surface area contributed by atoms with Crippen molar-refractivity contribution in [3.63, 3.8) is 0 Å². The minimum atomic E-state index is -4.46. The van der Waals surface area contributed by atoms with Gasteiger partial charge in [-0.25, -0.2) is 14.3 Å². The van der Waals surface area contributed by atoms with Crippen LogP contribution >= 0.6 is 22.9 Å². The molecule has 7 aromatic heterocycles. The van der Waals surface area contributed by atoms with Gasteiger partial charge in [0.25, 0.3) is 0 Å². The standard InChI is InChI=1S/C29H31N3OS.C21H26N3O.C19H21N2S.C14H15F3N3S.Co.Pt.2Rh/c1-28(2,29(3)16-10-11-17-29)25-19-23(18-24(26(25)34)27-30-20-33-31-27)32(21-12-6-4-7-13-21)22-14-8-5-9-15-22;1-4-21(11-7-8-12-21)13-15-14-22-19(25-15)20(2,3)18-23-16-9-5-6-10-17(16)24-18;1-13-12-22-18(21-13)16-7-5-6-15-14(11-20-17(15)16)10-19(2)8-3-4-9-19;1-13(5-2-3-6-13)9-10-4-7-18-20(10)12-8-11(19-21-12)14(15,16)17;;;;/h4-9,12-15,18-20,34H,10-11,16-17H2,1-3H3;5-6,9-10,14H,4,7-8,11-13H2,1-3H3;5-7,11-12H,3-4,8-10H2,1-2H3;4,7H,2-3,5-6,9H2,1H3;;;;/q;3*-1;;;;/p-1. The summed E-state index contributed by atoms with van der Waals surface area (Å²) in [7, 11) is 0. The number of alkyl halides is 3. The Labute approximate surface area is 686 Å². The van der Waals surface area contributed by atoms with E-state index in [0.29, 0.717) is 27.5 Å². The number of thiazole rings is 1. The Morgan fingerprint density at radius 2 is 1.33 bits per heavy atom. The number of hydrogen-bond acceptors (Lipinski definition) is 13. The Morgan fingerprint density at radius 3 is 1.92 bits per heavy atom. The van der Waals surface area contributed by atoms with E-state index < -0.39 is 17.3 Å². The Balaban J connectivity index is 0.000000164. The van der Waals surface area contributed by atoms with Crippen molar-refractivity contribution in [2.75, 3.05) is 4.90 Å². The van der Waals surface area contributed by atoms with Crippen LogP contribution in [-0.2, 0) is 126 Å². The topological polar surface area (TPSA) is 153 Å². The zero-order valence-corrected chi connectivity index (χ0v) is 70.5. The van der Waals surface area contributed by atoms with Crippen molar-refractivity contribution in [2.45, 2.75) is 213 Å². The summed E-state index contributed by atoms with van der Waals surface area (Å²) in [5.41, 5.74) is 12.5. The SMILES string of the molecule is CC1(C(C)(C)c2cc(N(c3ccccc3)c3ccccc3)cc(-c3ncon3)c2[S-])CCCC1.CC1(Cc2ccnn2-c2[c-]c(C(F)(F)F)ns2)CCCC1.CCC1(Cc2cnc(C(C)(C)c3nc4ccccc4[n-]3)o2)CCCC1.Cc1csc(-c2cccc3c(CC4(C)CCCC4)c[n-]c23)n1.[Co].[Pt].[Rh].[Rh]. The number of anilines is 3. The Kier molecular flexibility index (Phi) is 28.2. The predicted molar refractivity (Wildman–Crippen MR) is 405 cm³/mol. The van der Waals surface area contributed by atoms with Gasteiger partial charge < -0.3 is 47.5 Å². The van der Waals surface area contributed by atoms with Crippen LogP contribution in [0, 0.1) is 34.7 Å². The van der Waals surface area contributed by atoms with Crippen molar-refractivity contribution >= 4 is 74.5 Å². The predicted octanol–water partition coefficient (Wildman–Crippen LogP) is 22.6. The fraction of sp³-hybridized carbons (Fsp3) is 0.434. The average molecular weight is 1890 g/mol. The van der Waals surface area contributed by atoms with Gasteiger partial charge >= 0.3 is 6.18 Å². The number of aryl methyl sites for hydroxylation is 1. The Bertz CT molecular complexity index is 4680. The molecule has 4 fully saturated rings. The van der Waals surface area contributed by atoms with Gasteiger partial charge in [-0.05, 0) is 187 Å². The van der Waals surface area contributed by atoms with Crippen molar-refractivity contribution in [3.8, 4) is 27.0 Å². The molecule has 4 saturated carbocycles. The molecule has 106 heavy (non-hydrogen) atoms. The molecule has 16 rings (SSSR count). The van der Waals surface area contributed by atoms with Gasteiger partial charge in [-0.3, -0.25) is 4.68 Å². The fourth-order valence-corrected chi connectivity index (χ4v) is 18.2. The summed E-state index contributed by atoms with van der Waals surface area (Å²) in [6.45, 7) is 20.3. The van der Waals surface area contributed by atoms with Crippen LogP contribution in [0.15, 0.2) is 166 Å². The summed E-state index contributed by atoms with van der Waals surface area (Å²) in [6, 6.07) is 43.9. The fourth-order valence-electron chi connectivity index (χ4n) is 16.2. The molecule has 0 bridgehead atoms. The Hall–Kier alpha value is -5.82. The van der Waals surface area contributed by atoms with Crippen LogP contribution < -0.4 is 14.9 Å². The van der Waals surface area contributed by atoms with Crippen LogP contribution in [0.2, 0.25) is 0 Å². The van der Waals surface area contributed by atoms with Crippen LogP contribution in [0.5, 0.6) is 0 Å². The minimum absolute atomic E-state index is 0. The molecule has 0 amide bonds. The van der Waals surface area contributed by atoms with E-state index in [9.17, 15) is 13.2 Å². The summed E-state index contributed by atoms with van der Waals surface area (Å²) >= 11 is 8.60. The van der Waals surface area contributed by atoms with E-state index in [1.54, 1.807) is 17.5 Å². The van der Waals surface area contributed by atoms with Gasteiger partial charge in [-0.15, -0.1) is 16.9 Å². The van der Waals surface area contributed by atoms with E-state index >= 15 is 0 Å². The van der Waals surface area contributed by atoms with E-state index in [4.69, 9.17) is 36.5 Å². The van der Waals surface area contributed by atoms with Crippen molar-refractivity contribution < 1.29 is 98.9 Å². The second kappa shape index (κ2) is 35.5. The molecule has 5 aromatic carbocycles. The largest absolute Gasteiger partial charge is 0.779 e. The van der Waals surface area contributed by atoms with E-state index in [1.807, 2.05) is 55.6 Å². The summed E-state index contributed by atoms with van der Waals surface area (Å²) in [5.74, 6) is 3.01. The average Bonchev–Trinajstić information content (AvgIpc) is 1.07. The third-order valence-corrected chi connectivity index (χ3v) is 25.0. The molecule has 0 atom stereocenters. The molecule has 7 heterocycles. The Morgan fingerprint density at radius 1 is 0.708 bits per heavy atom. The van der Waals surface area contributed by atoms with Crippen LogP contribution in [0.25, 0.3) is 48.9 Å². The molecule has 12 aromatic rings. The number of oxazole rings is 1. The van der Waals surface area contributed by atoms with Crippen molar-refractivity contribution in [1.29, 1.82) is 0 Å². The third-order valence-electron chi connectivity index (χ3n) is 22.9. The molecule has 0 unspecified atom stereocenters. The smallest absolute Gasteiger partial charge is 0.401 e. The summed E-state index contributed by atoms with van der Waals surface area (Å²) < 4.78 is 54.1. The van der Waals surface area contributed by atoms with Crippen molar-refractivity contribution in [1.82, 2.24) is 49.2 Å². The zero-order chi connectivity index (χ0) is 71.5. The molecule has 0 spiro atoms. The van der Waals surface area contributed by atoms with Crippen molar-refractivity contribution in [2.24, 2.45) is 21.7 Å². The summed E-state index contributed by atoms with van der Waals surface area (Å²) in [6.07, 6.45) is 27.2. The van der Waals surface area contributed by atoms with E-state index in [0.717, 1.165) is 116 Å². The number of fused-ring (bicyclic) bond motifs is 2. The number of hydrogen-bond donors (Lipinski definition) is 0. The first-order valence-electron chi connectivity index (χ1n) is 36.3. The number of aromatic nitrogens is 10. The first kappa shape index (κ1) is 84.2. The number of halogens is 3. The van der Waals surface area contributed by atoms with Crippen LogP contribution in [-0.4, -0.2) is 39.2 Å². The van der Waals surface area contributed by atoms with Gasteiger partial charge in [-0.2, -0.15) is 34.3 Å². The molecule has 0 N–H and O–H groups in total. The maximum atomic E-state index is 12.6. The minimum Gasteiger partial charge on any atom is -0.779 e. The van der Waals surface area contributed by atoms with Crippen molar-refractivity contribution in [3.05, 3.63) is 203 Å². The second-order valence-electron chi connectivity index (χ2n) is 30.9. The van der Waals surface area contributed by atoms with Gasteiger partial charge in [0.1, 0.15) is 10.8 Å². The number of imidazole rings is 1. The molecular formula is C83H92CoF3N11O2PtRh2S3-4. The molecule has 4 aliphatic rings. The van der Waals surface area contributed by atoms with Gasteiger partial charge in [0.15, 0.2) is 0 Å². The molecular weight excluding hydrogens is 1800 g/mol. The molecule has 571 valence electrons. The molecule has 3 radical (unpaired) electrons. The third kappa shape index (κ3) is 18.6. The van der Waals surface area contributed by atoms with Crippen LogP contribution in [0.3, 0.4) is 0 Å². The molecule has 13 nitrogen and oxygen atoms in total. The summed E-state index contributed by atoms with van der Waals surface area (Å²) in [4.78, 5) is 30.8. The molecule has 0 saturated heterocycles. The number of rotatable bonds is 17. The van der Waals surface area contributed by atoms with Crippen LogP contribution in [0.4, 0.5) is 30.2 Å². The zero-order valence-electron chi connectivity index (χ0n) is 61.5. The van der Waals surface area contributed by atoms with E-state index in [2.05, 4.69) is 186 Å². The maximum Gasteiger partial charge on any atom is 0.401 e. The number of nitrogens with zero attached hydrogens (tertiary/aromatic N) is 11. The van der Waals surface area contributed by atoms with Gasteiger partial charge in [0.05, 0.1) is 11.6 Å². The van der Waals surface area contributed by atoms with Gasteiger partial charge in [0.2, 0.25) is 18.1 Å². The summed E-state index contributed by atoms with van der Waals surface area (Å²) in [5, 5.41) is 13.1. The molecule has 0 aliphatic heterocycles. The number of benzene rings is 5. The van der Waals surface area contributed by atoms with E-state index in [-0.39, 0.29) is 93.0 Å². The van der Waals surface area contributed by atoms with E-state index in [1.165, 1.54) is 129 Å². The monoisotopic (exact) mass is 1890 g/mol. The molecule has 23 heteroatoms. The van der Waals surface area contributed by atoms with Crippen LogP contribution in [0.1, 0.15) is 210 Å². The normalized spacial score (nSPS) is 16.3. The quantitative estimate of drug-likeness (QED) is 0.0483. The first-order chi connectivity index (χ1) is 48.9. The maximum absolute atomic E-state index is 12.6. The first-order valence-corrected chi connectivity index (χ1v) is 38.3.